The van der Waals surface area contributed by atoms with E-state index in [4.69, 9.17) is 4.42 Å². The van der Waals surface area contributed by atoms with Crippen molar-refractivity contribution >= 4 is 27.5 Å². The Kier molecular flexibility index (Phi) is 3.36. The van der Waals surface area contributed by atoms with Crippen molar-refractivity contribution in [3.8, 4) is 0 Å². The van der Waals surface area contributed by atoms with E-state index in [2.05, 4.69) is 22.9 Å². The molecule has 3 aromatic heterocycles. The van der Waals surface area contributed by atoms with Crippen molar-refractivity contribution in [3.63, 3.8) is 0 Å². The number of thiophene rings is 1. The lowest BCUT2D eigenvalue weighted by molar-refractivity contribution is 0.0765. The van der Waals surface area contributed by atoms with Gasteiger partial charge in [0.15, 0.2) is 0 Å². The van der Waals surface area contributed by atoms with Gasteiger partial charge in [-0.15, -0.1) is 11.3 Å². The Morgan fingerprint density at radius 1 is 1.45 bits per heavy atom. The van der Waals surface area contributed by atoms with Crippen molar-refractivity contribution in [2.75, 3.05) is 7.05 Å². The van der Waals surface area contributed by atoms with E-state index in [1.165, 1.54) is 0 Å². The molecule has 3 heterocycles. The normalized spacial score (nSPS) is 11.1. The van der Waals surface area contributed by atoms with Crippen LogP contribution in [-0.2, 0) is 13.1 Å². The summed E-state index contributed by atoms with van der Waals surface area (Å²) in [6.07, 6.45) is 1.62. The summed E-state index contributed by atoms with van der Waals surface area (Å²) in [5.41, 5.74) is 1.87. The molecule has 0 saturated heterocycles. The zero-order valence-electron chi connectivity index (χ0n) is 11.5. The van der Waals surface area contributed by atoms with Gasteiger partial charge in [0.25, 0.3) is 5.91 Å². The lowest BCUT2D eigenvalue weighted by Gasteiger charge is -2.17. The Balaban J connectivity index is 1.89. The van der Waals surface area contributed by atoms with E-state index in [0.717, 1.165) is 28.2 Å². The molecule has 20 heavy (non-hydrogen) atoms. The number of rotatable bonds is 4. The fraction of sp³-hybridized carbons (Fsp3) is 0.267. The van der Waals surface area contributed by atoms with Crippen LogP contribution in [0.25, 0.3) is 10.2 Å². The second-order valence-electron chi connectivity index (χ2n) is 4.68. The zero-order chi connectivity index (χ0) is 14.1. The molecule has 0 N–H and O–H groups in total. The maximum absolute atomic E-state index is 12.6. The molecule has 0 bridgehead atoms. The van der Waals surface area contributed by atoms with Crippen molar-refractivity contribution in [3.05, 3.63) is 47.4 Å². The van der Waals surface area contributed by atoms with Crippen molar-refractivity contribution < 1.29 is 9.21 Å². The molecule has 0 spiro atoms. The summed E-state index contributed by atoms with van der Waals surface area (Å²) in [6, 6.07) is 7.75. The average molecular weight is 288 g/mol. The number of nitrogens with zero attached hydrogens (tertiary/aromatic N) is 2. The molecule has 0 aliphatic heterocycles. The number of carbonyl (C=O) groups excluding carboxylic acids is 1. The first kappa shape index (κ1) is 13.0. The molecular weight excluding hydrogens is 272 g/mol. The summed E-state index contributed by atoms with van der Waals surface area (Å²) in [7, 11) is 1.80. The van der Waals surface area contributed by atoms with Crippen LogP contribution in [0.15, 0.2) is 40.3 Å². The fourth-order valence-corrected chi connectivity index (χ4v) is 3.22. The molecule has 5 heteroatoms. The number of aryl methyl sites for hydroxylation is 1. The third kappa shape index (κ3) is 2.14. The van der Waals surface area contributed by atoms with Gasteiger partial charge in [0.1, 0.15) is 11.5 Å². The summed E-state index contributed by atoms with van der Waals surface area (Å²) in [5.74, 6) is 0.809. The highest BCUT2D eigenvalue weighted by molar-refractivity contribution is 7.17. The first-order valence-electron chi connectivity index (χ1n) is 6.55. The Morgan fingerprint density at radius 3 is 3.00 bits per heavy atom. The number of amides is 1. The highest BCUT2D eigenvalue weighted by Crippen LogP contribution is 2.26. The summed E-state index contributed by atoms with van der Waals surface area (Å²) in [4.78, 5) is 14.3. The Labute approximate surface area is 121 Å². The van der Waals surface area contributed by atoms with Gasteiger partial charge < -0.3 is 13.9 Å². The van der Waals surface area contributed by atoms with Gasteiger partial charge in [-0.2, -0.15) is 0 Å². The zero-order valence-corrected chi connectivity index (χ0v) is 12.3. The standard InChI is InChI=1S/C15H16N2O2S/c1-3-17-12-6-8-20-14(12)9-13(17)15(18)16(2)10-11-5-4-7-19-11/h4-9H,3,10H2,1-2H3. The Morgan fingerprint density at radius 2 is 2.30 bits per heavy atom. The van der Waals surface area contributed by atoms with E-state index in [1.54, 1.807) is 29.5 Å². The minimum absolute atomic E-state index is 0.0200. The van der Waals surface area contributed by atoms with Gasteiger partial charge in [0, 0.05) is 13.6 Å². The molecule has 104 valence electrons. The number of fused-ring (bicyclic) bond motifs is 1. The van der Waals surface area contributed by atoms with Crippen LogP contribution < -0.4 is 0 Å². The molecule has 0 atom stereocenters. The van der Waals surface area contributed by atoms with E-state index in [9.17, 15) is 4.79 Å². The van der Waals surface area contributed by atoms with Crippen LogP contribution in [-0.4, -0.2) is 22.4 Å². The van der Waals surface area contributed by atoms with Gasteiger partial charge in [-0.1, -0.05) is 0 Å². The second-order valence-corrected chi connectivity index (χ2v) is 5.63. The molecular formula is C15H16N2O2S. The summed E-state index contributed by atoms with van der Waals surface area (Å²) in [6.45, 7) is 3.32. The van der Waals surface area contributed by atoms with Crippen LogP contribution in [0.4, 0.5) is 0 Å². The van der Waals surface area contributed by atoms with Gasteiger partial charge in [0.2, 0.25) is 0 Å². The lowest BCUT2D eigenvalue weighted by atomic mass is 10.3. The first-order chi connectivity index (χ1) is 9.70. The van der Waals surface area contributed by atoms with E-state index >= 15 is 0 Å². The molecule has 0 aromatic carbocycles. The maximum Gasteiger partial charge on any atom is 0.270 e. The van der Waals surface area contributed by atoms with Gasteiger partial charge in [-0.25, -0.2) is 0 Å². The quantitative estimate of drug-likeness (QED) is 0.736. The summed E-state index contributed by atoms with van der Waals surface area (Å²) in [5, 5.41) is 2.05. The molecule has 1 amide bonds. The third-order valence-electron chi connectivity index (χ3n) is 3.38. The lowest BCUT2D eigenvalue weighted by Crippen LogP contribution is -2.28. The molecule has 3 rings (SSSR count). The van der Waals surface area contributed by atoms with E-state index in [-0.39, 0.29) is 5.91 Å². The fourth-order valence-electron chi connectivity index (χ4n) is 2.40. The number of hydrogen-bond acceptors (Lipinski definition) is 3. The summed E-state index contributed by atoms with van der Waals surface area (Å²) < 4.78 is 8.51. The minimum atomic E-state index is 0.0200. The van der Waals surface area contributed by atoms with Crippen LogP contribution in [0.2, 0.25) is 0 Å². The molecule has 4 nitrogen and oxygen atoms in total. The minimum Gasteiger partial charge on any atom is -0.467 e. The number of aromatic nitrogens is 1. The highest BCUT2D eigenvalue weighted by Gasteiger charge is 2.19. The Hall–Kier alpha value is -2.01. The van der Waals surface area contributed by atoms with E-state index < -0.39 is 0 Å². The van der Waals surface area contributed by atoms with Crippen LogP contribution >= 0.6 is 11.3 Å². The number of hydrogen-bond donors (Lipinski definition) is 0. The molecule has 0 aliphatic rings. The molecule has 3 aromatic rings. The van der Waals surface area contributed by atoms with Crippen LogP contribution in [0.5, 0.6) is 0 Å². The Bertz CT molecular complexity index is 724. The van der Waals surface area contributed by atoms with Gasteiger partial charge in [-0.3, -0.25) is 4.79 Å². The van der Waals surface area contributed by atoms with Crippen molar-refractivity contribution in [1.29, 1.82) is 0 Å². The summed E-state index contributed by atoms with van der Waals surface area (Å²) >= 11 is 1.66. The van der Waals surface area contributed by atoms with Crippen molar-refractivity contribution in [2.45, 2.75) is 20.0 Å². The highest BCUT2D eigenvalue weighted by atomic mass is 32.1. The average Bonchev–Trinajstić information content (AvgIpc) is 3.13. The molecule has 0 saturated carbocycles. The second kappa shape index (κ2) is 5.17. The number of carbonyl (C=O) groups is 1. The van der Waals surface area contributed by atoms with Crippen LogP contribution in [0, 0.1) is 0 Å². The first-order valence-corrected chi connectivity index (χ1v) is 7.43. The van der Waals surface area contributed by atoms with Gasteiger partial charge in [0.05, 0.1) is 23.0 Å². The van der Waals surface area contributed by atoms with Crippen LogP contribution in [0.1, 0.15) is 23.2 Å². The molecule has 0 fully saturated rings. The smallest absolute Gasteiger partial charge is 0.270 e. The predicted octanol–water partition coefficient (Wildman–Crippen LogP) is 3.59. The van der Waals surface area contributed by atoms with Gasteiger partial charge >= 0.3 is 0 Å². The van der Waals surface area contributed by atoms with Crippen LogP contribution in [0.3, 0.4) is 0 Å². The molecule has 0 radical (unpaired) electrons. The molecule has 0 aliphatic carbocycles. The van der Waals surface area contributed by atoms with Crippen molar-refractivity contribution in [2.24, 2.45) is 0 Å². The SMILES string of the molecule is CCn1c(C(=O)N(C)Cc2ccco2)cc2sccc21. The third-order valence-corrected chi connectivity index (χ3v) is 4.23. The predicted molar refractivity (Wildman–Crippen MR) is 80.0 cm³/mol. The number of furan rings is 1. The van der Waals surface area contributed by atoms with E-state index in [1.807, 2.05) is 18.2 Å². The molecule has 0 unspecified atom stereocenters. The topological polar surface area (TPSA) is 38.4 Å². The largest absolute Gasteiger partial charge is 0.467 e. The van der Waals surface area contributed by atoms with Crippen molar-refractivity contribution in [1.82, 2.24) is 9.47 Å². The van der Waals surface area contributed by atoms with E-state index in [0.29, 0.717) is 6.54 Å². The van der Waals surface area contributed by atoms with Gasteiger partial charge in [-0.05, 0) is 36.6 Å². The maximum atomic E-state index is 12.6. The monoisotopic (exact) mass is 288 g/mol.